The molecule has 32 heavy (non-hydrogen) atoms. The molecule has 3 aromatic rings. The predicted molar refractivity (Wildman–Crippen MR) is 121 cm³/mol. The Morgan fingerprint density at radius 3 is 2.75 bits per heavy atom. The Labute approximate surface area is 188 Å². The number of hydrogen-bond donors (Lipinski definition) is 0. The van der Waals surface area contributed by atoms with Gasteiger partial charge in [0.25, 0.3) is 0 Å². The molecule has 0 unspecified atom stereocenters. The van der Waals surface area contributed by atoms with Gasteiger partial charge in [-0.2, -0.15) is 0 Å². The van der Waals surface area contributed by atoms with Crippen molar-refractivity contribution >= 4 is 16.7 Å². The number of aryl methyl sites for hydroxylation is 1. The first kappa shape index (κ1) is 20.9. The zero-order chi connectivity index (χ0) is 22.1. The van der Waals surface area contributed by atoms with Crippen LogP contribution in [0.15, 0.2) is 53.7 Å². The highest BCUT2D eigenvalue weighted by Gasteiger charge is 2.25. The number of anilines is 1. The highest BCUT2D eigenvalue weighted by Crippen LogP contribution is 2.34. The third-order valence-corrected chi connectivity index (χ3v) is 7.08. The van der Waals surface area contributed by atoms with E-state index in [1.54, 1.807) is 18.2 Å². The zero-order valence-corrected chi connectivity index (χ0v) is 18.6. The van der Waals surface area contributed by atoms with Gasteiger partial charge < -0.3 is 14.4 Å². The lowest BCUT2D eigenvalue weighted by Gasteiger charge is -2.17. The molecule has 0 bridgehead atoms. The van der Waals surface area contributed by atoms with Crippen LogP contribution in [0.3, 0.4) is 0 Å². The minimum absolute atomic E-state index is 0.175. The lowest BCUT2D eigenvalue weighted by atomic mass is 10.0. The van der Waals surface area contributed by atoms with E-state index < -0.39 is 16.6 Å². The van der Waals surface area contributed by atoms with Crippen LogP contribution in [-0.2, 0) is 17.2 Å². The molecule has 166 valence electrons. The molecule has 2 aromatic carbocycles. The normalized spacial score (nSPS) is 19.6. The molecule has 0 saturated carbocycles. The van der Waals surface area contributed by atoms with Crippen LogP contribution < -0.4 is 14.4 Å². The third-order valence-electron chi connectivity index (χ3n) is 5.92. The highest BCUT2D eigenvalue weighted by molar-refractivity contribution is 7.85. The van der Waals surface area contributed by atoms with Crippen molar-refractivity contribution in [3.8, 4) is 22.6 Å². The van der Waals surface area contributed by atoms with Gasteiger partial charge in [-0.3, -0.25) is 4.21 Å². The van der Waals surface area contributed by atoms with Crippen molar-refractivity contribution in [1.29, 1.82) is 0 Å². The van der Waals surface area contributed by atoms with Gasteiger partial charge in [0.2, 0.25) is 5.95 Å². The number of nitrogens with zero attached hydrogens (tertiary/aromatic N) is 3. The number of benzene rings is 2. The Morgan fingerprint density at radius 1 is 1.19 bits per heavy atom. The number of rotatable bonds is 6. The summed E-state index contributed by atoms with van der Waals surface area (Å²) in [5, 5.41) is 0. The number of ether oxygens (including phenoxy) is 2. The largest absolute Gasteiger partial charge is 0.490 e. The summed E-state index contributed by atoms with van der Waals surface area (Å²) in [6.07, 6.45) is 5.61. The van der Waals surface area contributed by atoms with Crippen LogP contribution in [0.25, 0.3) is 11.1 Å². The number of hydrogen-bond acceptors (Lipinski definition) is 6. The van der Waals surface area contributed by atoms with Crippen molar-refractivity contribution in [3.63, 3.8) is 0 Å². The van der Waals surface area contributed by atoms with Crippen molar-refractivity contribution in [2.45, 2.75) is 24.7 Å². The van der Waals surface area contributed by atoms with Gasteiger partial charge in [-0.15, -0.1) is 0 Å². The molecule has 8 heteroatoms. The van der Waals surface area contributed by atoms with Crippen LogP contribution in [-0.4, -0.2) is 39.8 Å². The summed E-state index contributed by atoms with van der Waals surface area (Å²) in [6, 6.07) is 10.4. The molecule has 0 aliphatic carbocycles. The lowest BCUT2D eigenvalue weighted by molar-refractivity contribution is 0.250. The zero-order valence-electron chi connectivity index (χ0n) is 17.8. The van der Waals surface area contributed by atoms with Crippen LogP contribution in [0.2, 0.25) is 0 Å². The summed E-state index contributed by atoms with van der Waals surface area (Å²) in [5.41, 5.74) is 2.65. The molecule has 5 rings (SSSR count). The Bertz CT molecular complexity index is 1160. The fourth-order valence-electron chi connectivity index (χ4n) is 4.02. The van der Waals surface area contributed by atoms with Crippen LogP contribution in [0.4, 0.5) is 10.3 Å². The highest BCUT2D eigenvalue weighted by atomic mass is 32.2. The fourth-order valence-corrected chi connectivity index (χ4v) is 4.94. The second kappa shape index (κ2) is 8.86. The Balaban J connectivity index is 1.21. The van der Waals surface area contributed by atoms with Crippen molar-refractivity contribution in [3.05, 3.63) is 60.2 Å². The Hall–Kier alpha value is -3.00. The maximum Gasteiger partial charge on any atom is 0.225 e. The van der Waals surface area contributed by atoms with E-state index in [9.17, 15) is 8.60 Å². The summed E-state index contributed by atoms with van der Waals surface area (Å²) < 4.78 is 37.8. The quantitative estimate of drug-likeness (QED) is 0.557. The Kier molecular flexibility index (Phi) is 5.78. The number of halogens is 1. The Morgan fingerprint density at radius 2 is 1.97 bits per heavy atom. The SMILES string of the molecule is CCc1cnc(N2CC[C@H](COc3ccc(-c4ccc5c(c4)OC[S@@]5=O)cc3F)C2)nc1. The smallest absolute Gasteiger partial charge is 0.225 e. The van der Waals surface area contributed by atoms with Gasteiger partial charge >= 0.3 is 0 Å². The van der Waals surface area contributed by atoms with Crippen molar-refractivity contribution in [2.24, 2.45) is 5.92 Å². The van der Waals surface area contributed by atoms with Gasteiger partial charge in [0, 0.05) is 31.4 Å². The summed E-state index contributed by atoms with van der Waals surface area (Å²) >= 11 is 0. The van der Waals surface area contributed by atoms with Gasteiger partial charge in [0.1, 0.15) is 5.75 Å². The van der Waals surface area contributed by atoms with Crippen molar-refractivity contribution in [1.82, 2.24) is 9.97 Å². The van der Waals surface area contributed by atoms with E-state index in [1.165, 1.54) is 6.07 Å². The van der Waals surface area contributed by atoms with Crippen LogP contribution in [0.1, 0.15) is 18.9 Å². The van der Waals surface area contributed by atoms with E-state index in [2.05, 4.69) is 21.8 Å². The number of aromatic nitrogens is 2. The molecule has 6 nitrogen and oxygen atoms in total. The summed E-state index contributed by atoms with van der Waals surface area (Å²) in [6.45, 7) is 4.18. The molecule has 0 N–H and O–H groups in total. The van der Waals surface area contributed by atoms with Gasteiger partial charge in [0.05, 0.1) is 22.3 Å². The lowest BCUT2D eigenvalue weighted by Crippen LogP contribution is -2.23. The molecule has 1 aromatic heterocycles. The van der Waals surface area contributed by atoms with Gasteiger partial charge in [-0.1, -0.05) is 19.1 Å². The molecule has 2 atom stereocenters. The summed E-state index contributed by atoms with van der Waals surface area (Å²) in [4.78, 5) is 11.7. The predicted octanol–water partition coefficient (Wildman–Crippen LogP) is 4.21. The van der Waals surface area contributed by atoms with E-state index in [0.29, 0.717) is 23.2 Å². The standard InChI is InChI=1S/C24H24FN3O3S/c1-2-16-11-26-24(27-12-16)28-8-7-17(13-28)14-30-21-5-3-18(9-20(21)25)19-4-6-23-22(10-19)31-15-32(23)29/h3-6,9-12,17H,2,7-8,13-15H2,1H3/t17-,32-/m0/s1. The molecule has 0 amide bonds. The summed E-state index contributed by atoms with van der Waals surface area (Å²) in [5.74, 6) is 1.64. The number of fused-ring (bicyclic) bond motifs is 1. The maximum absolute atomic E-state index is 14.7. The molecule has 2 aliphatic rings. The second-order valence-corrected chi connectivity index (χ2v) is 9.44. The minimum atomic E-state index is -1.12. The monoisotopic (exact) mass is 453 g/mol. The first-order valence-electron chi connectivity index (χ1n) is 10.7. The molecule has 1 saturated heterocycles. The van der Waals surface area contributed by atoms with E-state index in [-0.39, 0.29) is 11.7 Å². The van der Waals surface area contributed by atoms with Crippen molar-refractivity contribution < 1.29 is 18.1 Å². The second-order valence-electron chi connectivity index (χ2n) is 8.07. The average Bonchev–Trinajstić information content (AvgIpc) is 3.45. The van der Waals surface area contributed by atoms with E-state index in [0.717, 1.165) is 48.6 Å². The van der Waals surface area contributed by atoms with Gasteiger partial charge in [-0.05, 0) is 53.8 Å². The van der Waals surface area contributed by atoms with Gasteiger partial charge in [0.15, 0.2) is 17.5 Å². The van der Waals surface area contributed by atoms with Crippen molar-refractivity contribution in [2.75, 3.05) is 30.5 Å². The molecule has 1 fully saturated rings. The van der Waals surface area contributed by atoms with Crippen LogP contribution in [0.5, 0.6) is 11.5 Å². The van der Waals surface area contributed by atoms with Crippen LogP contribution in [0, 0.1) is 11.7 Å². The maximum atomic E-state index is 14.7. The minimum Gasteiger partial charge on any atom is -0.490 e. The first-order valence-corrected chi connectivity index (χ1v) is 12.1. The van der Waals surface area contributed by atoms with E-state index in [1.807, 2.05) is 24.5 Å². The van der Waals surface area contributed by atoms with Gasteiger partial charge in [-0.25, -0.2) is 14.4 Å². The fraction of sp³-hybridized carbons (Fsp3) is 0.333. The molecule has 0 spiro atoms. The molecule has 3 heterocycles. The molecule has 2 aliphatic heterocycles. The topological polar surface area (TPSA) is 64.6 Å². The molecule has 0 radical (unpaired) electrons. The molecular formula is C24H24FN3O3S. The van der Waals surface area contributed by atoms with E-state index in [4.69, 9.17) is 9.47 Å². The first-order chi connectivity index (χ1) is 15.6. The third kappa shape index (κ3) is 4.19. The van der Waals surface area contributed by atoms with Crippen LogP contribution >= 0.6 is 0 Å². The van der Waals surface area contributed by atoms with E-state index >= 15 is 0 Å². The summed E-state index contributed by atoms with van der Waals surface area (Å²) in [7, 11) is -1.12. The average molecular weight is 454 g/mol. The molecular weight excluding hydrogens is 429 g/mol.